The number of carbonyl (C=O) groups is 1. The van der Waals surface area contributed by atoms with E-state index in [0.717, 1.165) is 10.6 Å². The Morgan fingerprint density at radius 1 is 1.17 bits per heavy atom. The van der Waals surface area contributed by atoms with Gasteiger partial charge in [-0.2, -0.15) is 4.31 Å². The number of hydrogen-bond donors (Lipinski definition) is 1. The molecule has 0 bridgehead atoms. The smallest absolute Gasteiger partial charge is 0.267 e. The van der Waals surface area contributed by atoms with E-state index in [9.17, 15) is 13.2 Å². The summed E-state index contributed by atoms with van der Waals surface area (Å²) in [6.07, 6.45) is 0.491. The molecule has 30 heavy (non-hydrogen) atoms. The fourth-order valence-electron chi connectivity index (χ4n) is 3.33. The molecular weight excluding hydrogens is 446 g/mol. The summed E-state index contributed by atoms with van der Waals surface area (Å²) in [6.45, 7) is 1.39. The number of carbonyl (C=O) groups excluding carboxylic acids is 1. The van der Waals surface area contributed by atoms with Crippen molar-refractivity contribution in [3.05, 3.63) is 51.2 Å². The molecule has 4 heterocycles. The van der Waals surface area contributed by atoms with E-state index >= 15 is 0 Å². The van der Waals surface area contributed by atoms with Crippen LogP contribution in [0, 0.1) is 0 Å². The van der Waals surface area contributed by atoms with Crippen LogP contribution < -0.4 is 14.8 Å². The van der Waals surface area contributed by atoms with Crippen molar-refractivity contribution in [1.82, 2.24) is 9.29 Å². The second-order valence-corrected chi connectivity index (χ2v) is 10.7. The lowest BCUT2D eigenvalue weighted by molar-refractivity contribution is 0.103. The molecule has 0 aliphatic carbocycles. The van der Waals surface area contributed by atoms with Gasteiger partial charge in [-0.25, -0.2) is 13.4 Å². The number of nitrogens with zero attached hydrogens (tertiary/aromatic N) is 2. The van der Waals surface area contributed by atoms with Gasteiger partial charge in [-0.05, 0) is 23.6 Å². The molecule has 1 N–H and O–H groups in total. The van der Waals surface area contributed by atoms with E-state index in [2.05, 4.69) is 10.3 Å². The van der Waals surface area contributed by atoms with Crippen LogP contribution in [0.25, 0.3) is 0 Å². The molecule has 0 spiro atoms. The van der Waals surface area contributed by atoms with Crippen LogP contribution in [0.2, 0.25) is 0 Å². The fraction of sp³-hybridized carbons (Fsp3) is 0.263. The molecule has 0 saturated heterocycles. The molecule has 5 rings (SSSR count). The topological polar surface area (TPSA) is 97.8 Å². The van der Waals surface area contributed by atoms with Crippen molar-refractivity contribution in [3.63, 3.8) is 0 Å². The maximum atomic E-state index is 13.2. The molecule has 2 aliphatic heterocycles. The van der Waals surface area contributed by atoms with Gasteiger partial charge in [0.1, 0.15) is 13.2 Å². The molecule has 2 aromatic heterocycles. The zero-order valence-corrected chi connectivity index (χ0v) is 18.1. The molecule has 0 fully saturated rings. The number of nitrogens with one attached hydrogen (secondary N) is 1. The number of thiazole rings is 1. The summed E-state index contributed by atoms with van der Waals surface area (Å²) in [7, 11) is -3.70. The lowest BCUT2D eigenvalue weighted by Crippen LogP contribution is -2.35. The molecule has 0 saturated carbocycles. The minimum absolute atomic E-state index is 0.172. The Morgan fingerprint density at radius 2 is 2.00 bits per heavy atom. The number of hydrogen-bond acceptors (Lipinski definition) is 8. The highest BCUT2D eigenvalue weighted by atomic mass is 32.2. The number of ether oxygens (including phenoxy) is 2. The van der Waals surface area contributed by atoms with E-state index in [0.29, 0.717) is 47.7 Å². The van der Waals surface area contributed by atoms with Crippen molar-refractivity contribution in [3.8, 4) is 11.5 Å². The standard InChI is InChI=1S/C19H17N3O5S3/c23-18(16-2-1-9-28-16)21-19-20-13-5-6-22(11-17(13)29-19)30(24,25)12-3-4-14-15(10-12)27-8-7-26-14/h1-4,9-10H,5-8,11H2,(H,20,21,23). The number of aromatic nitrogens is 1. The van der Waals surface area contributed by atoms with Crippen molar-refractivity contribution >= 4 is 43.7 Å². The second-order valence-electron chi connectivity index (χ2n) is 6.71. The summed E-state index contributed by atoms with van der Waals surface area (Å²) in [5, 5.41) is 5.12. The highest BCUT2D eigenvalue weighted by Crippen LogP contribution is 2.35. The molecule has 0 atom stereocenters. The molecule has 2 aliphatic rings. The molecule has 8 nitrogen and oxygen atoms in total. The van der Waals surface area contributed by atoms with E-state index in [1.807, 2.05) is 11.4 Å². The van der Waals surface area contributed by atoms with Crippen LogP contribution in [0.1, 0.15) is 20.2 Å². The summed E-state index contributed by atoms with van der Waals surface area (Å²) in [5.74, 6) is 0.781. The Kier molecular flexibility index (Phi) is 4.97. The van der Waals surface area contributed by atoms with E-state index in [-0.39, 0.29) is 17.3 Å². The van der Waals surface area contributed by atoms with E-state index in [4.69, 9.17) is 9.47 Å². The van der Waals surface area contributed by atoms with Crippen LogP contribution in [-0.2, 0) is 23.0 Å². The third-order valence-corrected chi connectivity index (χ3v) is 8.52. The van der Waals surface area contributed by atoms with Gasteiger partial charge in [-0.15, -0.1) is 22.7 Å². The quantitative estimate of drug-likeness (QED) is 0.639. The van der Waals surface area contributed by atoms with Crippen molar-refractivity contribution in [1.29, 1.82) is 0 Å². The Bertz CT molecular complexity index is 1200. The first kappa shape index (κ1) is 19.5. The molecule has 3 aromatic rings. The number of amides is 1. The maximum absolute atomic E-state index is 13.2. The van der Waals surface area contributed by atoms with Gasteiger partial charge in [0.2, 0.25) is 10.0 Å². The lowest BCUT2D eigenvalue weighted by atomic mass is 10.2. The lowest BCUT2D eigenvalue weighted by Gasteiger charge is -2.26. The summed E-state index contributed by atoms with van der Waals surface area (Å²) in [5.41, 5.74) is 0.829. The van der Waals surface area contributed by atoms with Crippen molar-refractivity contribution in [2.75, 3.05) is 25.1 Å². The van der Waals surface area contributed by atoms with E-state index < -0.39 is 10.0 Å². The fourth-order valence-corrected chi connectivity index (χ4v) is 6.47. The highest BCUT2D eigenvalue weighted by Gasteiger charge is 2.31. The van der Waals surface area contributed by atoms with Crippen LogP contribution in [0.15, 0.2) is 40.6 Å². The van der Waals surface area contributed by atoms with Gasteiger partial charge in [0.15, 0.2) is 16.6 Å². The largest absolute Gasteiger partial charge is 0.486 e. The van der Waals surface area contributed by atoms with Gasteiger partial charge in [-0.3, -0.25) is 10.1 Å². The maximum Gasteiger partial charge on any atom is 0.267 e. The zero-order chi connectivity index (χ0) is 20.7. The predicted octanol–water partition coefficient (Wildman–Crippen LogP) is 2.98. The number of benzene rings is 1. The molecule has 0 radical (unpaired) electrons. The van der Waals surface area contributed by atoms with Crippen LogP contribution in [0.3, 0.4) is 0 Å². The number of anilines is 1. The minimum Gasteiger partial charge on any atom is -0.486 e. The third-order valence-electron chi connectivity index (χ3n) is 4.81. The summed E-state index contributed by atoms with van der Waals surface area (Å²) in [4.78, 5) is 18.3. The first-order chi connectivity index (χ1) is 14.5. The van der Waals surface area contributed by atoms with E-state index in [1.54, 1.807) is 12.1 Å². The summed E-state index contributed by atoms with van der Waals surface area (Å²) in [6, 6.07) is 8.24. The van der Waals surface area contributed by atoms with Crippen LogP contribution in [-0.4, -0.2) is 43.4 Å². The van der Waals surface area contributed by atoms with Gasteiger partial charge in [-0.1, -0.05) is 6.07 Å². The van der Waals surface area contributed by atoms with Gasteiger partial charge in [0, 0.05) is 23.9 Å². The normalized spacial score (nSPS) is 16.1. The zero-order valence-electron chi connectivity index (χ0n) is 15.7. The molecule has 1 amide bonds. The summed E-state index contributed by atoms with van der Waals surface area (Å²) < 4.78 is 38.8. The number of thiophene rings is 1. The van der Waals surface area contributed by atoms with Crippen molar-refractivity contribution < 1.29 is 22.7 Å². The summed E-state index contributed by atoms with van der Waals surface area (Å²) >= 11 is 2.66. The molecule has 1 aromatic carbocycles. The molecule has 0 unspecified atom stereocenters. The van der Waals surface area contributed by atoms with Gasteiger partial charge >= 0.3 is 0 Å². The van der Waals surface area contributed by atoms with E-state index in [1.165, 1.54) is 39.1 Å². The minimum atomic E-state index is -3.70. The molecular formula is C19H17N3O5S3. The number of rotatable bonds is 4. The average molecular weight is 464 g/mol. The van der Waals surface area contributed by atoms with Gasteiger partial charge in [0.25, 0.3) is 5.91 Å². The van der Waals surface area contributed by atoms with Crippen LogP contribution in [0.4, 0.5) is 5.13 Å². The monoisotopic (exact) mass is 463 g/mol. The molecule has 156 valence electrons. The Morgan fingerprint density at radius 3 is 2.80 bits per heavy atom. The average Bonchev–Trinajstić information content (AvgIpc) is 3.42. The van der Waals surface area contributed by atoms with Gasteiger partial charge in [0.05, 0.1) is 22.0 Å². The van der Waals surface area contributed by atoms with Crippen LogP contribution >= 0.6 is 22.7 Å². The number of fused-ring (bicyclic) bond motifs is 2. The molecule has 11 heteroatoms. The van der Waals surface area contributed by atoms with Crippen LogP contribution in [0.5, 0.6) is 11.5 Å². The third kappa shape index (κ3) is 3.58. The first-order valence-electron chi connectivity index (χ1n) is 9.24. The van der Waals surface area contributed by atoms with Gasteiger partial charge < -0.3 is 9.47 Å². The van der Waals surface area contributed by atoms with Crippen molar-refractivity contribution in [2.24, 2.45) is 0 Å². The first-order valence-corrected chi connectivity index (χ1v) is 12.4. The Hall–Kier alpha value is -2.47. The predicted molar refractivity (Wildman–Crippen MR) is 113 cm³/mol. The Labute approximate surface area is 181 Å². The SMILES string of the molecule is O=C(Nc1nc2c(s1)CN(S(=O)(=O)c1ccc3c(c1)OCCO3)CC2)c1cccs1. The number of sulfonamides is 1. The highest BCUT2D eigenvalue weighted by molar-refractivity contribution is 7.89. The van der Waals surface area contributed by atoms with Crippen molar-refractivity contribution in [2.45, 2.75) is 17.9 Å². The Balaban J connectivity index is 1.35. The second kappa shape index (κ2) is 7.65.